The zero-order chi connectivity index (χ0) is 15.2. The molecule has 2 N–H and O–H groups in total. The minimum atomic E-state index is -3.31. The maximum atomic E-state index is 12.6. The van der Waals surface area contributed by atoms with Gasteiger partial charge < -0.3 is 10.5 Å². The molecule has 6 heteroatoms. The van der Waals surface area contributed by atoms with E-state index in [1.807, 2.05) is 20.8 Å². The van der Waals surface area contributed by atoms with Crippen molar-refractivity contribution >= 4 is 10.0 Å². The van der Waals surface area contributed by atoms with E-state index in [4.69, 9.17) is 10.5 Å². The van der Waals surface area contributed by atoms with Crippen LogP contribution in [0.15, 0.2) is 0 Å². The topological polar surface area (TPSA) is 72.6 Å². The molecule has 20 heavy (non-hydrogen) atoms. The molecule has 0 aromatic rings. The third-order valence-corrected chi connectivity index (χ3v) is 5.92. The van der Waals surface area contributed by atoms with Gasteiger partial charge in [0.25, 0.3) is 0 Å². The Labute approximate surface area is 123 Å². The molecule has 0 heterocycles. The van der Waals surface area contributed by atoms with E-state index < -0.39 is 10.0 Å². The Morgan fingerprint density at radius 3 is 2.35 bits per heavy atom. The molecule has 120 valence electrons. The smallest absolute Gasteiger partial charge is 0.216 e. The van der Waals surface area contributed by atoms with Crippen LogP contribution in [-0.2, 0) is 14.8 Å². The van der Waals surface area contributed by atoms with Crippen molar-refractivity contribution in [1.29, 1.82) is 0 Å². The average Bonchev–Trinajstić information content (AvgIpc) is 2.84. The Balaban J connectivity index is 2.82. The lowest BCUT2D eigenvalue weighted by Crippen LogP contribution is -2.55. The molecule has 1 fully saturated rings. The maximum Gasteiger partial charge on any atom is 0.216 e. The van der Waals surface area contributed by atoms with Crippen LogP contribution in [-0.4, -0.2) is 49.8 Å². The fourth-order valence-electron chi connectivity index (χ4n) is 2.96. The first-order valence-electron chi connectivity index (χ1n) is 7.70. The molecule has 0 unspecified atom stereocenters. The van der Waals surface area contributed by atoms with Crippen LogP contribution in [0.4, 0.5) is 0 Å². The number of nitrogens with two attached hydrogens (primary N) is 1. The van der Waals surface area contributed by atoms with Crippen LogP contribution in [0.2, 0.25) is 0 Å². The molecule has 0 aromatic heterocycles. The van der Waals surface area contributed by atoms with Gasteiger partial charge in [-0.25, -0.2) is 8.42 Å². The number of hydrogen-bond donors (Lipinski definition) is 1. The lowest BCUT2D eigenvalue weighted by molar-refractivity contribution is 0.0897. The normalized spacial score (nSPS) is 19.1. The molecule has 0 aromatic carbocycles. The fraction of sp³-hybridized carbons (Fsp3) is 1.00. The van der Waals surface area contributed by atoms with Gasteiger partial charge in [0, 0.05) is 18.6 Å². The van der Waals surface area contributed by atoms with Gasteiger partial charge in [0.1, 0.15) is 0 Å². The molecule has 0 saturated heterocycles. The molecule has 0 bridgehead atoms. The van der Waals surface area contributed by atoms with E-state index in [2.05, 4.69) is 0 Å². The SMILES string of the molecule is CCCN(C1(CN)CCCC1)S(=O)(=O)CCOC(C)C. The van der Waals surface area contributed by atoms with E-state index in [1.165, 1.54) is 0 Å². The molecule has 0 atom stereocenters. The maximum absolute atomic E-state index is 12.6. The molecule has 1 saturated carbocycles. The van der Waals surface area contributed by atoms with Crippen molar-refractivity contribution in [3.63, 3.8) is 0 Å². The van der Waals surface area contributed by atoms with Crippen molar-refractivity contribution in [2.45, 2.75) is 64.5 Å². The summed E-state index contributed by atoms with van der Waals surface area (Å²) in [6.07, 6.45) is 4.76. The predicted molar refractivity (Wildman–Crippen MR) is 82.1 cm³/mol. The first-order valence-corrected chi connectivity index (χ1v) is 9.31. The van der Waals surface area contributed by atoms with Crippen LogP contribution in [0.3, 0.4) is 0 Å². The lowest BCUT2D eigenvalue weighted by Gasteiger charge is -2.39. The largest absolute Gasteiger partial charge is 0.378 e. The van der Waals surface area contributed by atoms with Gasteiger partial charge in [0.15, 0.2) is 0 Å². The number of hydrogen-bond acceptors (Lipinski definition) is 4. The van der Waals surface area contributed by atoms with E-state index in [-0.39, 0.29) is 24.0 Å². The van der Waals surface area contributed by atoms with E-state index in [0.29, 0.717) is 13.1 Å². The zero-order valence-electron chi connectivity index (χ0n) is 13.1. The Kier molecular flexibility index (Phi) is 6.91. The predicted octanol–water partition coefficient (Wildman–Crippen LogP) is 1.72. The van der Waals surface area contributed by atoms with Crippen molar-refractivity contribution in [2.75, 3.05) is 25.4 Å². The van der Waals surface area contributed by atoms with Gasteiger partial charge in [-0.1, -0.05) is 19.8 Å². The van der Waals surface area contributed by atoms with E-state index in [9.17, 15) is 8.42 Å². The van der Waals surface area contributed by atoms with E-state index in [0.717, 1.165) is 32.1 Å². The van der Waals surface area contributed by atoms with Gasteiger partial charge in [-0.3, -0.25) is 0 Å². The number of ether oxygens (including phenoxy) is 1. The third-order valence-electron chi connectivity index (χ3n) is 4.00. The van der Waals surface area contributed by atoms with Gasteiger partial charge in [0.2, 0.25) is 10.0 Å². The fourth-order valence-corrected chi connectivity index (χ4v) is 4.80. The Hall–Kier alpha value is -0.170. The molecular formula is C14H30N2O3S. The second-order valence-electron chi connectivity index (χ2n) is 5.94. The Bertz CT molecular complexity index is 376. The summed E-state index contributed by atoms with van der Waals surface area (Å²) < 4.78 is 32.4. The average molecular weight is 306 g/mol. The molecule has 5 nitrogen and oxygen atoms in total. The number of rotatable bonds is 9. The van der Waals surface area contributed by atoms with Crippen molar-refractivity contribution in [3.05, 3.63) is 0 Å². The monoisotopic (exact) mass is 306 g/mol. The van der Waals surface area contributed by atoms with Gasteiger partial charge in [-0.15, -0.1) is 0 Å². The molecule has 0 aliphatic heterocycles. The minimum absolute atomic E-state index is 0.0485. The molecule has 1 aliphatic carbocycles. The Morgan fingerprint density at radius 2 is 1.90 bits per heavy atom. The van der Waals surface area contributed by atoms with Crippen LogP contribution in [0.1, 0.15) is 52.9 Å². The zero-order valence-corrected chi connectivity index (χ0v) is 13.9. The second kappa shape index (κ2) is 7.73. The van der Waals surface area contributed by atoms with E-state index >= 15 is 0 Å². The third kappa shape index (κ3) is 4.41. The number of nitrogens with zero attached hydrogens (tertiary/aromatic N) is 1. The highest BCUT2D eigenvalue weighted by atomic mass is 32.2. The van der Waals surface area contributed by atoms with Crippen LogP contribution in [0.25, 0.3) is 0 Å². The summed E-state index contributed by atoms with van der Waals surface area (Å²) in [5.74, 6) is 0.0485. The van der Waals surface area contributed by atoms with Crippen molar-refractivity contribution in [1.82, 2.24) is 4.31 Å². The molecule has 1 aliphatic rings. The summed E-state index contributed by atoms with van der Waals surface area (Å²) in [5, 5.41) is 0. The molecule has 0 amide bonds. The van der Waals surface area contributed by atoms with Crippen molar-refractivity contribution in [2.24, 2.45) is 5.73 Å². The summed E-state index contributed by atoms with van der Waals surface area (Å²) >= 11 is 0. The quantitative estimate of drug-likeness (QED) is 0.704. The van der Waals surface area contributed by atoms with Gasteiger partial charge >= 0.3 is 0 Å². The highest BCUT2D eigenvalue weighted by Gasteiger charge is 2.43. The Morgan fingerprint density at radius 1 is 1.30 bits per heavy atom. The summed E-state index contributed by atoms with van der Waals surface area (Å²) in [5.41, 5.74) is 5.58. The summed E-state index contributed by atoms with van der Waals surface area (Å²) in [6, 6.07) is 0. The van der Waals surface area contributed by atoms with Gasteiger partial charge in [-0.05, 0) is 33.1 Å². The number of sulfonamides is 1. The van der Waals surface area contributed by atoms with E-state index in [1.54, 1.807) is 4.31 Å². The van der Waals surface area contributed by atoms with Crippen LogP contribution >= 0.6 is 0 Å². The van der Waals surface area contributed by atoms with Crippen LogP contribution < -0.4 is 5.73 Å². The van der Waals surface area contributed by atoms with Crippen LogP contribution in [0.5, 0.6) is 0 Å². The second-order valence-corrected chi connectivity index (χ2v) is 7.96. The molecule has 0 spiro atoms. The minimum Gasteiger partial charge on any atom is -0.378 e. The van der Waals surface area contributed by atoms with Crippen LogP contribution in [0, 0.1) is 0 Å². The summed E-state index contributed by atoms with van der Waals surface area (Å²) in [6.45, 7) is 7.05. The van der Waals surface area contributed by atoms with Crippen molar-refractivity contribution in [3.8, 4) is 0 Å². The van der Waals surface area contributed by atoms with Crippen molar-refractivity contribution < 1.29 is 13.2 Å². The first kappa shape index (κ1) is 17.9. The van der Waals surface area contributed by atoms with Gasteiger partial charge in [-0.2, -0.15) is 4.31 Å². The standard InChI is InChI=1S/C14H30N2O3S/c1-4-9-16(14(12-15)7-5-6-8-14)20(17,18)11-10-19-13(2)3/h13H,4-12,15H2,1-3H3. The lowest BCUT2D eigenvalue weighted by atomic mass is 9.98. The first-order chi connectivity index (χ1) is 9.38. The highest BCUT2D eigenvalue weighted by molar-refractivity contribution is 7.89. The molecule has 1 rings (SSSR count). The summed E-state index contributed by atoms with van der Waals surface area (Å²) in [4.78, 5) is 0. The summed E-state index contributed by atoms with van der Waals surface area (Å²) in [7, 11) is -3.31. The molecule has 0 radical (unpaired) electrons. The molecular weight excluding hydrogens is 276 g/mol. The van der Waals surface area contributed by atoms with Gasteiger partial charge in [0.05, 0.1) is 18.5 Å². The highest BCUT2D eigenvalue weighted by Crippen LogP contribution is 2.36.